The Kier molecular flexibility index (Phi) is 3.75. The zero-order valence-corrected chi connectivity index (χ0v) is 9.32. The van der Waals surface area contributed by atoms with Gasteiger partial charge in [-0.1, -0.05) is 66.7 Å². The van der Waals surface area contributed by atoms with Gasteiger partial charge in [-0.2, -0.15) is 0 Å². The summed E-state index contributed by atoms with van der Waals surface area (Å²) in [6, 6.07) is 17.1. The minimum absolute atomic E-state index is 0.500. The van der Waals surface area contributed by atoms with E-state index in [1.807, 2.05) is 48.6 Å². The van der Waals surface area contributed by atoms with Gasteiger partial charge >= 0.3 is 7.12 Å². The molecule has 0 spiro atoms. The Labute approximate surface area is 101 Å². The molecule has 0 fully saturated rings. The molecule has 0 heterocycles. The second-order valence-corrected chi connectivity index (χ2v) is 3.79. The van der Waals surface area contributed by atoms with Crippen LogP contribution in [0.4, 0.5) is 0 Å². The van der Waals surface area contributed by atoms with Crippen molar-refractivity contribution in [3.63, 3.8) is 0 Å². The van der Waals surface area contributed by atoms with Crippen LogP contribution in [0.5, 0.6) is 0 Å². The van der Waals surface area contributed by atoms with Crippen LogP contribution in [-0.4, -0.2) is 17.2 Å². The van der Waals surface area contributed by atoms with Gasteiger partial charge in [-0.05, 0) is 16.6 Å². The molecule has 17 heavy (non-hydrogen) atoms. The van der Waals surface area contributed by atoms with Crippen LogP contribution in [0.2, 0.25) is 0 Å². The highest BCUT2D eigenvalue weighted by atomic mass is 16.4. The van der Waals surface area contributed by atoms with E-state index < -0.39 is 7.12 Å². The summed E-state index contributed by atoms with van der Waals surface area (Å²) < 4.78 is 0. The SMILES string of the molecule is OB(O)c1cccc(C=Cc2ccccc2)c1. The van der Waals surface area contributed by atoms with E-state index in [2.05, 4.69) is 0 Å². The highest BCUT2D eigenvalue weighted by Crippen LogP contribution is 2.06. The molecule has 2 aromatic carbocycles. The van der Waals surface area contributed by atoms with Crippen molar-refractivity contribution in [3.05, 3.63) is 65.7 Å². The van der Waals surface area contributed by atoms with Gasteiger partial charge in [0.15, 0.2) is 0 Å². The van der Waals surface area contributed by atoms with Crippen LogP contribution in [0, 0.1) is 0 Å². The van der Waals surface area contributed by atoms with Crippen LogP contribution in [-0.2, 0) is 0 Å². The van der Waals surface area contributed by atoms with Gasteiger partial charge in [0, 0.05) is 0 Å². The van der Waals surface area contributed by atoms with Crippen LogP contribution in [0.25, 0.3) is 12.2 Å². The van der Waals surface area contributed by atoms with E-state index in [1.165, 1.54) is 0 Å². The Morgan fingerprint density at radius 1 is 0.765 bits per heavy atom. The number of hydrogen-bond donors (Lipinski definition) is 2. The van der Waals surface area contributed by atoms with Gasteiger partial charge in [-0.3, -0.25) is 0 Å². The third-order valence-corrected chi connectivity index (χ3v) is 2.48. The molecule has 0 atom stereocenters. The van der Waals surface area contributed by atoms with Crippen molar-refractivity contribution in [1.82, 2.24) is 0 Å². The Bertz CT molecular complexity index is 507. The average molecular weight is 224 g/mol. The summed E-state index contributed by atoms with van der Waals surface area (Å²) in [4.78, 5) is 0. The molecule has 2 rings (SSSR count). The summed E-state index contributed by atoms with van der Waals surface area (Å²) in [5.41, 5.74) is 2.56. The van der Waals surface area contributed by atoms with Gasteiger partial charge in [0.1, 0.15) is 0 Å². The van der Waals surface area contributed by atoms with E-state index in [0.29, 0.717) is 5.46 Å². The molecule has 3 heteroatoms. The molecular formula is C14H13BO2. The molecule has 2 aromatic rings. The maximum Gasteiger partial charge on any atom is 0.488 e. The average Bonchev–Trinajstić information content (AvgIpc) is 2.38. The van der Waals surface area contributed by atoms with Crippen molar-refractivity contribution in [2.45, 2.75) is 0 Å². The van der Waals surface area contributed by atoms with Crippen LogP contribution < -0.4 is 5.46 Å². The van der Waals surface area contributed by atoms with Gasteiger partial charge in [0.2, 0.25) is 0 Å². The Balaban J connectivity index is 2.19. The van der Waals surface area contributed by atoms with Gasteiger partial charge in [-0.25, -0.2) is 0 Å². The minimum Gasteiger partial charge on any atom is -0.423 e. The fourth-order valence-electron chi connectivity index (χ4n) is 1.58. The molecule has 0 aliphatic carbocycles. The van der Waals surface area contributed by atoms with Gasteiger partial charge in [-0.15, -0.1) is 0 Å². The van der Waals surface area contributed by atoms with Gasteiger partial charge in [0.05, 0.1) is 0 Å². The number of benzene rings is 2. The maximum absolute atomic E-state index is 9.06. The zero-order chi connectivity index (χ0) is 12.1. The van der Waals surface area contributed by atoms with Crippen molar-refractivity contribution >= 4 is 24.7 Å². The maximum atomic E-state index is 9.06. The summed E-state index contributed by atoms with van der Waals surface area (Å²) >= 11 is 0. The summed E-state index contributed by atoms with van der Waals surface area (Å²) in [5, 5.41) is 18.1. The number of hydrogen-bond acceptors (Lipinski definition) is 2. The first-order valence-corrected chi connectivity index (χ1v) is 5.45. The summed E-state index contributed by atoms with van der Waals surface area (Å²) in [5.74, 6) is 0. The lowest BCUT2D eigenvalue weighted by Gasteiger charge is -2.00. The van der Waals surface area contributed by atoms with E-state index in [1.54, 1.807) is 18.2 Å². The van der Waals surface area contributed by atoms with Gasteiger partial charge < -0.3 is 10.0 Å². The second-order valence-electron chi connectivity index (χ2n) is 3.79. The topological polar surface area (TPSA) is 40.5 Å². The zero-order valence-electron chi connectivity index (χ0n) is 9.32. The Morgan fingerprint density at radius 2 is 1.41 bits per heavy atom. The van der Waals surface area contributed by atoms with Crippen molar-refractivity contribution in [2.75, 3.05) is 0 Å². The molecule has 0 unspecified atom stereocenters. The Hall–Kier alpha value is -1.84. The van der Waals surface area contributed by atoms with Crippen molar-refractivity contribution < 1.29 is 10.0 Å². The van der Waals surface area contributed by atoms with Crippen LogP contribution in [0.1, 0.15) is 11.1 Å². The summed E-state index contributed by atoms with van der Waals surface area (Å²) in [7, 11) is -1.42. The van der Waals surface area contributed by atoms with Crippen LogP contribution in [0.15, 0.2) is 54.6 Å². The first-order valence-electron chi connectivity index (χ1n) is 5.45. The second kappa shape index (κ2) is 5.48. The molecule has 2 N–H and O–H groups in total. The molecule has 0 aliphatic heterocycles. The predicted molar refractivity (Wildman–Crippen MR) is 71.6 cm³/mol. The fourth-order valence-corrected chi connectivity index (χ4v) is 1.58. The molecule has 0 amide bonds. The minimum atomic E-state index is -1.42. The molecule has 0 radical (unpaired) electrons. The molecular weight excluding hydrogens is 211 g/mol. The largest absolute Gasteiger partial charge is 0.488 e. The third-order valence-electron chi connectivity index (χ3n) is 2.48. The van der Waals surface area contributed by atoms with E-state index in [4.69, 9.17) is 10.0 Å². The quantitative estimate of drug-likeness (QED) is 0.613. The molecule has 0 bridgehead atoms. The first kappa shape index (κ1) is 11.6. The van der Waals surface area contributed by atoms with E-state index in [-0.39, 0.29) is 0 Å². The Morgan fingerprint density at radius 3 is 2.12 bits per heavy atom. The summed E-state index contributed by atoms with van der Waals surface area (Å²) in [6.45, 7) is 0. The van der Waals surface area contributed by atoms with Crippen molar-refractivity contribution in [2.24, 2.45) is 0 Å². The van der Waals surface area contributed by atoms with E-state index in [0.717, 1.165) is 11.1 Å². The molecule has 2 nitrogen and oxygen atoms in total. The van der Waals surface area contributed by atoms with Crippen molar-refractivity contribution in [1.29, 1.82) is 0 Å². The van der Waals surface area contributed by atoms with Crippen molar-refractivity contribution in [3.8, 4) is 0 Å². The van der Waals surface area contributed by atoms with Gasteiger partial charge in [0.25, 0.3) is 0 Å². The highest BCUT2D eigenvalue weighted by Gasteiger charge is 2.09. The summed E-state index contributed by atoms with van der Waals surface area (Å²) in [6.07, 6.45) is 3.93. The monoisotopic (exact) mass is 224 g/mol. The highest BCUT2D eigenvalue weighted by molar-refractivity contribution is 6.58. The normalized spacial score (nSPS) is 10.7. The standard InChI is InChI=1S/C14H13BO2/c16-15(17)14-8-4-7-13(11-14)10-9-12-5-2-1-3-6-12/h1-11,16-17H. The third kappa shape index (κ3) is 3.31. The van der Waals surface area contributed by atoms with Crippen LogP contribution in [0.3, 0.4) is 0 Å². The van der Waals surface area contributed by atoms with E-state index in [9.17, 15) is 0 Å². The predicted octanol–water partition coefficient (Wildman–Crippen LogP) is 1.54. The number of rotatable bonds is 3. The lowest BCUT2D eigenvalue weighted by molar-refractivity contribution is 0.426. The molecule has 84 valence electrons. The fraction of sp³-hybridized carbons (Fsp3) is 0. The molecule has 0 saturated carbocycles. The van der Waals surface area contributed by atoms with Crippen LogP contribution >= 0.6 is 0 Å². The molecule has 0 aromatic heterocycles. The molecule has 0 saturated heterocycles. The first-order chi connectivity index (χ1) is 8.25. The lowest BCUT2D eigenvalue weighted by Crippen LogP contribution is -2.29. The van der Waals surface area contributed by atoms with E-state index >= 15 is 0 Å². The lowest BCUT2D eigenvalue weighted by atomic mass is 9.79. The smallest absolute Gasteiger partial charge is 0.423 e. The molecule has 0 aliphatic rings.